The van der Waals surface area contributed by atoms with Gasteiger partial charge in [-0.2, -0.15) is 0 Å². The molecule has 2 saturated heterocycles. The number of rotatable bonds is 10. The third-order valence-corrected chi connectivity index (χ3v) is 6.46. The van der Waals surface area contributed by atoms with E-state index < -0.39 is 0 Å². The van der Waals surface area contributed by atoms with Crippen molar-refractivity contribution in [1.29, 1.82) is 0 Å². The lowest BCUT2D eigenvalue weighted by Gasteiger charge is -2.25. The zero-order chi connectivity index (χ0) is 23.3. The monoisotopic (exact) mass is 468 g/mol. The highest BCUT2D eigenvalue weighted by Crippen LogP contribution is 2.21. The first-order valence-corrected chi connectivity index (χ1v) is 12.2. The number of ether oxygens (including phenoxy) is 3. The first kappa shape index (κ1) is 22.9. The van der Waals surface area contributed by atoms with Gasteiger partial charge in [-0.05, 0) is 67.3 Å². The summed E-state index contributed by atoms with van der Waals surface area (Å²) in [6, 6.07) is 7.67. The summed E-state index contributed by atoms with van der Waals surface area (Å²) in [4.78, 5) is 18.1. The number of nitrogens with zero attached hydrogens (tertiary/aromatic N) is 5. The van der Waals surface area contributed by atoms with Gasteiger partial charge in [0.15, 0.2) is 5.82 Å². The van der Waals surface area contributed by atoms with Gasteiger partial charge in [0.2, 0.25) is 0 Å². The average Bonchev–Trinajstić information content (AvgIpc) is 3.60. The minimum Gasteiger partial charge on any atom is -0.494 e. The molecule has 2 aromatic heterocycles. The van der Waals surface area contributed by atoms with Gasteiger partial charge in [-0.25, -0.2) is 4.68 Å². The molecule has 1 aromatic carbocycles. The van der Waals surface area contributed by atoms with E-state index in [0.29, 0.717) is 38.3 Å². The van der Waals surface area contributed by atoms with Crippen molar-refractivity contribution in [2.24, 2.45) is 0 Å². The number of fused-ring (bicyclic) bond motifs is 1. The lowest BCUT2D eigenvalue weighted by atomic mass is 10.1. The molecule has 0 saturated carbocycles. The van der Waals surface area contributed by atoms with Crippen molar-refractivity contribution >= 4 is 10.9 Å². The van der Waals surface area contributed by atoms with Crippen LogP contribution in [0.4, 0.5) is 0 Å². The minimum atomic E-state index is -0.0899. The van der Waals surface area contributed by atoms with Crippen LogP contribution < -0.4 is 10.3 Å². The predicted molar refractivity (Wildman–Crippen MR) is 126 cm³/mol. The minimum absolute atomic E-state index is 0.0899. The van der Waals surface area contributed by atoms with Crippen LogP contribution >= 0.6 is 0 Å². The Bertz CT molecular complexity index is 1150. The fourth-order valence-electron chi connectivity index (χ4n) is 4.77. The van der Waals surface area contributed by atoms with Gasteiger partial charge >= 0.3 is 0 Å². The molecule has 0 unspecified atom stereocenters. The van der Waals surface area contributed by atoms with Crippen molar-refractivity contribution in [2.75, 3.05) is 26.4 Å². The van der Waals surface area contributed by atoms with Crippen LogP contribution in [0.5, 0.6) is 5.75 Å². The van der Waals surface area contributed by atoms with E-state index in [1.165, 1.54) is 0 Å². The summed E-state index contributed by atoms with van der Waals surface area (Å²) in [6.45, 7) is 6.48. The van der Waals surface area contributed by atoms with Crippen LogP contribution in [0, 0.1) is 0 Å². The van der Waals surface area contributed by atoms with Crippen LogP contribution in [-0.2, 0) is 29.1 Å². The Morgan fingerprint density at radius 3 is 2.74 bits per heavy atom. The van der Waals surface area contributed by atoms with Crippen LogP contribution in [0.2, 0.25) is 0 Å². The maximum atomic E-state index is 12.9. The van der Waals surface area contributed by atoms with E-state index in [0.717, 1.165) is 61.4 Å². The summed E-state index contributed by atoms with van der Waals surface area (Å²) in [5.41, 5.74) is 1.40. The van der Waals surface area contributed by atoms with Crippen molar-refractivity contribution in [3.8, 4) is 5.75 Å². The number of tetrazole rings is 1. The number of hydrogen-bond donors (Lipinski definition) is 1. The van der Waals surface area contributed by atoms with E-state index in [2.05, 4.69) is 25.4 Å². The van der Waals surface area contributed by atoms with Crippen LogP contribution in [0.1, 0.15) is 44.0 Å². The van der Waals surface area contributed by atoms with Crippen molar-refractivity contribution in [2.45, 2.75) is 64.4 Å². The summed E-state index contributed by atoms with van der Waals surface area (Å²) in [7, 11) is 0. The van der Waals surface area contributed by atoms with E-state index in [1.807, 2.05) is 35.9 Å². The molecule has 4 heterocycles. The van der Waals surface area contributed by atoms with Crippen molar-refractivity contribution in [3.63, 3.8) is 0 Å². The topological polar surface area (TPSA) is 107 Å². The second-order valence-corrected chi connectivity index (χ2v) is 9.02. The second-order valence-electron chi connectivity index (χ2n) is 9.02. The highest BCUT2D eigenvalue weighted by Gasteiger charge is 2.24. The number of pyridine rings is 1. The van der Waals surface area contributed by atoms with Gasteiger partial charge in [-0.1, -0.05) is 0 Å². The highest BCUT2D eigenvalue weighted by molar-refractivity contribution is 5.80. The molecule has 0 spiro atoms. The van der Waals surface area contributed by atoms with Gasteiger partial charge in [-0.3, -0.25) is 9.69 Å². The molecule has 34 heavy (non-hydrogen) atoms. The van der Waals surface area contributed by atoms with E-state index in [-0.39, 0.29) is 17.8 Å². The Labute approximate surface area is 198 Å². The number of H-pyrrole nitrogens is 1. The molecule has 3 aromatic rings. The Kier molecular flexibility index (Phi) is 7.17. The Morgan fingerprint density at radius 1 is 1.15 bits per heavy atom. The van der Waals surface area contributed by atoms with Crippen molar-refractivity contribution in [1.82, 2.24) is 30.1 Å². The molecule has 0 aliphatic carbocycles. The zero-order valence-electron chi connectivity index (χ0n) is 19.6. The van der Waals surface area contributed by atoms with E-state index in [9.17, 15) is 4.79 Å². The summed E-state index contributed by atoms with van der Waals surface area (Å²) in [5, 5.41) is 13.3. The summed E-state index contributed by atoms with van der Waals surface area (Å²) in [5.74, 6) is 1.56. The van der Waals surface area contributed by atoms with Gasteiger partial charge in [0.25, 0.3) is 5.56 Å². The maximum Gasteiger partial charge on any atom is 0.252 e. The Balaban J connectivity index is 1.38. The van der Waals surface area contributed by atoms with Gasteiger partial charge in [0, 0.05) is 42.8 Å². The quantitative estimate of drug-likeness (QED) is 0.483. The molecule has 182 valence electrons. The lowest BCUT2D eigenvalue weighted by molar-refractivity contribution is 0.0647. The summed E-state index contributed by atoms with van der Waals surface area (Å²) < 4.78 is 19.1. The number of hydrogen-bond acceptors (Lipinski definition) is 8. The average molecular weight is 469 g/mol. The molecule has 0 amide bonds. The molecule has 0 radical (unpaired) electrons. The molecule has 0 bridgehead atoms. The first-order valence-electron chi connectivity index (χ1n) is 12.2. The zero-order valence-corrected chi connectivity index (χ0v) is 19.6. The number of aromatic amines is 1. The van der Waals surface area contributed by atoms with Crippen LogP contribution in [0.25, 0.3) is 10.9 Å². The SMILES string of the molecule is CCOc1ccc2[nH]c(=O)c(CN(Cc3nnnn3C[C@H]3CCCO3)C[C@@H]3CCCO3)cc2c1. The molecule has 2 aliphatic heterocycles. The summed E-state index contributed by atoms with van der Waals surface area (Å²) in [6.07, 6.45) is 4.47. The standard InChI is InChI=1S/C24H32N6O4/c1-2-32-19-7-8-22-17(12-19)11-18(24(31)25-22)13-29(14-20-5-3-9-33-20)16-23-26-27-28-30(23)15-21-6-4-10-34-21/h7-8,11-12,20-21H,2-6,9-10,13-16H2,1H3,(H,25,31)/t20-,21+/m0/s1. The third-order valence-electron chi connectivity index (χ3n) is 6.46. The van der Waals surface area contributed by atoms with Crippen LogP contribution in [-0.4, -0.2) is 68.7 Å². The molecule has 2 aliphatic rings. The van der Waals surface area contributed by atoms with Crippen LogP contribution in [0.15, 0.2) is 29.1 Å². The van der Waals surface area contributed by atoms with E-state index in [4.69, 9.17) is 14.2 Å². The van der Waals surface area contributed by atoms with E-state index >= 15 is 0 Å². The second kappa shape index (κ2) is 10.6. The normalized spacial score (nSPS) is 20.5. The molecular formula is C24H32N6O4. The van der Waals surface area contributed by atoms with Crippen molar-refractivity contribution in [3.05, 3.63) is 46.0 Å². The fraction of sp³-hybridized carbons (Fsp3) is 0.583. The highest BCUT2D eigenvalue weighted by atomic mass is 16.5. The molecule has 2 atom stereocenters. The van der Waals surface area contributed by atoms with Crippen molar-refractivity contribution < 1.29 is 14.2 Å². The fourth-order valence-corrected chi connectivity index (χ4v) is 4.77. The number of nitrogens with one attached hydrogen (secondary N) is 1. The molecule has 10 heteroatoms. The Hall–Kier alpha value is -2.82. The Morgan fingerprint density at radius 2 is 1.97 bits per heavy atom. The molecular weight excluding hydrogens is 436 g/mol. The van der Waals surface area contributed by atoms with Gasteiger partial charge in [0.05, 0.1) is 31.9 Å². The van der Waals surface area contributed by atoms with Crippen LogP contribution in [0.3, 0.4) is 0 Å². The lowest BCUT2D eigenvalue weighted by Crippen LogP contribution is -2.34. The predicted octanol–water partition coefficient (Wildman–Crippen LogP) is 2.27. The molecule has 10 nitrogen and oxygen atoms in total. The molecule has 2 fully saturated rings. The molecule has 5 rings (SSSR count). The summed E-state index contributed by atoms with van der Waals surface area (Å²) >= 11 is 0. The smallest absolute Gasteiger partial charge is 0.252 e. The van der Waals surface area contributed by atoms with Gasteiger partial charge in [-0.15, -0.1) is 5.10 Å². The number of benzene rings is 1. The largest absolute Gasteiger partial charge is 0.494 e. The van der Waals surface area contributed by atoms with Gasteiger partial charge in [0.1, 0.15) is 5.75 Å². The van der Waals surface area contributed by atoms with Gasteiger partial charge < -0.3 is 19.2 Å². The molecule has 1 N–H and O–H groups in total. The third kappa shape index (κ3) is 5.45. The maximum absolute atomic E-state index is 12.9. The van der Waals surface area contributed by atoms with E-state index in [1.54, 1.807) is 0 Å². The first-order chi connectivity index (χ1) is 16.7. The number of aromatic nitrogens is 5.